The van der Waals surface area contributed by atoms with Crippen molar-refractivity contribution in [1.82, 2.24) is 5.32 Å². The van der Waals surface area contributed by atoms with Gasteiger partial charge in [-0.25, -0.2) is 8.42 Å². The molecule has 0 heterocycles. The number of hydrogen-bond donors (Lipinski definition) is 2. The Hall–Kier alpha value is -1.60. The van der Waals surface area contributed by atoms with Gasteiger partial charge in [-0.3, -0.25) is 9.59 Å². The second-order valence-electron chi connectivity index (χ2n) is 5.82. The molecule has 1 aliphatic carbocycles. The van der Waals surface area contributed by atoms with E-state index in [9.17, 15) is 18.0 Å². The fourth-order valence-corrected chi connectivity index (χ4v) is 4.18. The standard InChI is InChI=1S/C15H18ClNO5S/c16-11-3-5-12(6-4-11)23(21,22)10-13(18)17-15(9-14(19)20)7-1-2-8-15/h3-6H,1-2,7-10H2,(H,17,18)(H,19,20). The lowest BCUT2D eigenvalue weighted by Gasteiger charge is -2.28. The Morgan fingerprint density at radius 3 is 2.26 bits per heavy atom. The van der Waals surface area contributed by atoms with Crippen LogP contribution < -0.4 is 5.32 Å². The summed E-state index contributed by atoms with van der Waals surface area (Å²) >= 11 is 5.72. The van der Waals surface area contributed by atoms with Crippen LogP contribution in [-0.4, -0.2) is 36.7 Å². The molecular weight excluding hydrogens is 342 g/mol. The van der Waals surface area contributed by atoms with E-state index >= 15 is 0 Å². The van der Waals surface area contributed by atoms with Gasteiger partial charge in [0, 0.05) is 5.02 Å². The van der Waals surface area contributed by atoms with Crippen LogP contribution in [0.4, 0.5) is 0 Å². The first-order valence-electron chi connectivity index (χ1n) is 7.24. The summed E-state index contributed by atoms with van der Waals surface area (Å²) in [5, 5.41) is 12.0. The molecule has 1 amide bonds. The zero-order chi connectivity index (χ0) is 17.1. The summed E-state index contributed by atoms with van der Waals surface area (Å²) in [5.41, 5.74) is -0.835. The summed E-state index contributed by atoms with van der Waals surface area (Å²) in [7, 11) is -3.79. The number of carbonyl (C=O) groups excluding carboxylic acids is 1. The van der Waals surface area contributed by atoms with Crippen LogP contribution in [0.2, 0.25) is 5.02 Å². The lowest BCUT2D eigenvalue weighted by Crippen LogP contribution is -2.49. The summed E-state index contributed by atoms with van der Waals surface area (Å²) in [6, 6.07) is 5.56. The van der Waals surface area contributed by atoms with Gasteiger partial charge >= 0.3 is 5.97 Å². The normalized spacial score (nSPS) is 16.9. The van der Waals surface area contributed by atoms with Crippen LogP contribution in [0.3, 0.4) is 0 Å². The molecule has 0 saturated heterocycles. The number of carboxylic acid groups (broad SMARTS) is 1. The zero-order valence-electron chi connectivity index (χ0n) is 12.4. The SMILES string of the molecule is O=C(O)CC1(NC(=O)CS(=O)(=O)c2ccc(Cl)cc2)CCCC1. The maximum atomic E-state index is 12.2. The van der Waals surface area contributed by atoms with E-state index in [1.54, 1.807) is 0 Å². The molecule has 1 aromatic carbocycles. The Morgan fingerprint density at radius 1 is 1.17 bits per heavy atom. The van der Waals surface area contributed by atoms with Gasteiger partial charge < -0.3 is 10.4 Å². The van der Waals surface area contributed by atoms with E-state index in [0.717, 1.165) is 12.8 Å². The molecule has 0 spiro atoms. The van der Waals surface area contributed by atoms with Crippen LogP contribution in [-0.2, 0) is 19.4 Å². The Morgan fingerprint density at radius 2 is 1.74 bits per heavy atom. The molecular formula is C15H18ClNO5S. The molecule has 6 nitrogen and oxygen atoms in total. The second-order valence-corrected chi connectivity index (χ2v) is 8.25. The van der Waals surface area contributed by atoms with Gasteiger partial charge in [0.15, 0.2) is 9.84 Å². The van der Waals surface area contributed by atoms with E-state index in [1.165, 1.54) is 24.3 Å². The first-order chi connectivity index (χ1) is 10.7. The molecule has 0 atom stereocenters. The van der Waals surface area contributed by atoms with Gasteiger partial charge in [0.1, 0.15) is 5.75 Å². The van der Waals surface area contributed by atoms with Crippen LogP contribution in [0.1, 0.15) is 32.1 Å². The Balaban J connectivity index is 2.08. The number of nitrogens with one attached hydrogen (secondary N) is 1. The fraction of sp³-hybridized carbons (Fsp3) is 0.467. The number of sulfone groups is 1. The number of hydrogen-bond acceptors (Lipinski definition) is 4. The molecule has 0 unspecified atom stereocenters. The number of carbonyl (C=O) groups is 2. The highest BCUT2D eigenvalue weighted by molar-refractivity contribution is 7.92. The molecule has 1 aliphatic rings. The van der Waals surface area contributed by atoms with Crippen LogP contribution in [0.5, 0.6) is 0 Å². The van der Waals surface area contributed by atoms with Crippen molar-refractivity contribution in [2.75, 3.05) is 5.75 Å². The van der Waals surface area contributed by atoms with Crippen molar-refractivity contribution in [2.45, 2.75) is 42.5 Å². The smallest absolute Gasteiger partial charge is 0.305 e. The molecule has 126 valence electrons. The molecule has 0 aromatic heterocycles. The quantitative estimate of drug-likeness (QED) is 0.809. The molecule has 2 N–H and O–H groups in total. The summed E-state index contributed by atoms with van der Waals surface area (Å²) in [4.78, 5) is 23.1. The lowest BCUT2D eigenvalue weighted by atomic mass is 9.93. The molecule has 0 radical (unpaired) electrons. The minimum Gasteiger partial charge on any atom is -0.481 e. The summed E-state index contributed by atoms with van der Waals surface area (Å²) in [5.74, 6) is -2.40. The fourth-order valence-electron chi connectivity index (χ4n) is 2.92. The van der Waals surface area contributed by atoms with Crippen LogP contribution in [0, 0.1) is 0 Å². The van der Waals surface area contributed by atoms with E-state index in [1.807, 2.05) is 0 Å². The molecule has 1 fully saturated rings. The minimum absolute atomic E-state index is 0.00996. The van der Waals surface area contributed by atoms with Crippen LogP contribution >= 0.6 is 11.6 Å². The van der Waals surface area contributed by atoms with Gasteiger partial charge in [0.2, 0.25) is 5.91 Å². The van der Waals surface area contributed by atoms with Crippen molar-refractivity contribution in [2.24, 2.45) is 0 Å². The summed E-state index contributed by atoms with van der Waals surface area (Å²) in [6.07, 6.45) is 2.53. The molecule has 1 saturated carbocycles. The minimum atomic E-state index is -3.79. The van der Waals surface area contributed by atoms with Gasteiger partial charge in [-0.2, -0.15) is 0 Å². The van der Waals surface area contributed by atoms with E-state index in [2.05, 4.69) is 5.32 Å². The third kappa shape index (κ3) is 4.68. The van der Waals surface area contributed by atoms with Crippen molar-refractivity contribution < 1.29 is 23.1 Å². The maximum absolute atomic E-state index is 12.2. The predicted octanol–water partition coefficient (Wildman–Crippen LogP) is 2.02. The lowest BCUT2D eigenvalue weighted by molar-refractivity contribution is -0.139. The number of halogens is 1. The van der Waals surface area contributed by atoms with Crippen molar-refractivity contribution in [3.05, 3.63) is 29.3 Å². The first kappa shape index (κ1) is 17.7. The van der Waals surface area contributed by atoms with E-state index < -0.39 is 33.0 Å². The number of rotatable bonds is 6. The molecule has 8 heteroatoms. The molecule has 23 heavy (non-hydrogen) atoms. The van der Waals surface area contributed by atoms with Crippen molar-refractivity contribution in [3.8, 4) is 0 Å². The molecule has 1 aromatic rings. The highest BCUT2D eigenvalue weighted by atomic mass is 35.5. The molecule has 0 aliphatic heterocycles. The topological polar surface area (TPSA) is 101 Å². The maximum Gasteiger partial charge on any atom is 0.305 e. The Labute approximate surface area is 139 Å². The first-order valence-corrected chi connectivity index (χ1v) is 9.27. The van der Waals surface area contributed by atoms with Gasteiger partial charge in [0.05, 0.1) is 16.9 Å². The third-order valence-corrected chi connectivity index (χ3v) is 5.83. The third-order valence-electron chi connectivity index (χ3n) is 3.95. The van der Waals surface area contributed by atoms with Gasteiger partial charge in [0.25, 0.3) is 0 Å². The van der Waals surface area contributed by atoms with Crippen molar-refractivity contribution in [3.63, 3.8) is 0 Å². The highest BCUT2D eigenvalue weighted by Gasteiger charge is 2.38. The van der Waals surface area contributed by atoms with Gasteiger partial charge in [-0.1, -0.05) is 24.4 Å². The number of amides is 1. The molecule has 2 rings (SSSR count). The Kier molecular flexibility index (Phi) is 5.31. The van der Waals surface area contributed by atoms with Crippen LogP contribution in [0.15, 0.2) is 29.2 Å². The van der Waals surface area contributed by atoms with E-state index in [4.69, 9.17) is 16.7 Å². The summed E-state index contributed by atoms with van der Waals surface area (Å²) in [6.45, 7) is 0. The monoisotopic (exact) mass is 359 g/mol. The second kappa shape index (κ2) is 6.88. The van der Waals surface area contributed by atoms with Crippen LogP contribution in [0.25, 0.3) is 0 Å². The largest absolute Gasteiger partial charge is 0.481 e. The summed E-state index contributed by atoms with van der Waals surface area (Å²) < 4.78 is 24.5. The average molecular weight is 360 g/mol. The van der Waals surface area contributed by atoms with E-state index in [-0.39, 0.29) is 11.3 Å². The number of carboxylic acids is 1. The van der Waals surface area contributed by atoms with Crippen molar-refractivity contribution >= 4 is 33.3 Å². The van der Waals surface area contributed by atoms with Gasteiger partial charge in [-0.15, -0.1) is 0 Å². The number of aliphatic carboxylic acids is 1. The highest BCUT2D eigenvalue weighted by Crippen LogP contribution is 2.32. The predicted molar refractivity (Wildman–Crippen MR) is 85.1 cm³/mol. The van der Waals surface area contributed by atoms with E-state index in [0.29, 0.717) is 17.9 Å². The zero-order valence-corrected chi connectivity index (χ0v) is 14.0. The average Bonchev–Trinajstić information content (AvgIpc) is 2.85. The van der Waals surface area contributed by atoms with Crippen molar-refractivity contribution in [1.29, 1.82) is 0 Å². The molecule has 0 bridgehead atoms. The van der Waals surface area contributed by atoms with Gasteiger partial charge in [-0.05, 0) is 37.1 Å². The number of benzene rings is 1. The Bertz CT molecular complexity index is 693.